The summed E-state index contributed by atoms with van der Waals surface area (Å²) in [5.41, 5.74) is 1.92. The van der Waals surface area contributed by atoms with Gasteiger partial charge in [-0.1, -0.05) is 27.2 Å². The van der Waals surface area contributed by atoms with E-state index >= 15 is 0 Å². The molecule has 2 aliphatic rings. The van der Waals surface area contributed by atoms with Crippen LogP contribution in [0.15, 0.2) is 11.4 Å². The van der Waals surface area contributed by atoms with Crippen molar-refractivity contribution < 1.29 is 5.11 Å². The summed E-state index contributed by atoms with van der Waals surface area (Å²) in [6.07, 6.45) is 3.55. The Morgan fingerprint density at radius 3 is 2.81 bits per heavy atom. The molecule has 0 bridgehead atoms. The van der Waals surface area contributed by atoms with Crippen molar-refractivity contribution in [3.8, 4) is 0 Å². The van der Waals surface area contributed by atoms with E-state index in [4.69, 9.17) is 0 Å². The van der Waals surface area contributed by atoms with Gasteiger partial charge in [0, 0.05) is 10.8 Å². The molecule has 0 saturated heterocycles. The summed E-state index contributed by atoms with van der Waals surface area (Å²) < 4.78 is 0. The fourth-order valence-corrected chi connectivity index (χ4v) is 5.39. The molecular weight excluding hydrogens is 216 g/mol. The highest BCUT2D eigenvalue weighted by atomic mass is 32.1. The molecule has 2 aliphatic carbocycles. The second kappa shape index (κ2) is 3.11. The van der Waals surface area contributed by atoms with Crippen molar-refractivity contribution in [3.05, 3.63) is 21.9 Å². The number of aliphatic hydroxyl groups is 1. The van der Waals surface area contributed by atoms with Crippen LogP contribution in [0.1, 0.15) is 56.6 Å². The minimum atomic E-state index is -0.227. The van der Waals surface area contributed by atoms with Gasteiger partial charge in [0.1, 0.15) is 0 Å². The third kappa shape index (κ3) is 1.15. The van der Waals surface area contributed by atoms with Gasteiger partial charge in [0.05, 0.1) is 6.10 Å². The maximum Gasteiger partial charge on any atom is 0.0926 e. The normalized spacial score (nSPS) is 40.5. The summed E-state index contributed by atoms with van der Waals surface area (Å²) in [6, 6.07) is 2.24. The first-order valence-corrected chi connectivity index (χ1v) is 7.11. The van der Waals surface area contributed by atoms with E-state index in [1.807, 2.05) is 0 Å². The van der Waals surface area contributed by atoms with E-state index in [2.05, 4.69) is 32.2 Å². The smallest absolute Gasteiger partial charge is 0.0926 e. The van der Waals surface area contributed by atoms with E-state index in [9.17, 15) is 5.11 Å². The summed E-state index contributed by atoms with van der Waals surface area (Å²) in [6.45, 7) is 7.02. The van der Waals surface area contributed by atoms with Crippen molar-refractivity contribution >= 4 is 11.3 Å². The van der Waals surface area contributed by atoms with Gasteiger partial charge in [-0.05, 0) is 40.7 Å². The van der Waals surface area contributed by atoms with Gasteiger partial charge in [-0.15, -0.1) is 11.3 Å². The van der Waals surface area contributed by atoms with Crippen LogP contribution in [0.2, 0.25) is 0 Å². The lowest BCUT2D eigenvalue weighted by atomic mass is 9.56. The molecule has 0 spiro atoms. The molecule has 0 radical (unpaired) electrons. The van der Waals surface area contributed by atoms with Crippen LogP contribution in [0, 0.1) is 11.3 Å². The largest absolute Gasteiger partial charge is 0.387 e. The highest BCUT2D eigenvalue weighted by molar-refractivity contribution is 7.10. The number of thiophene rings is 1. The van der Waals surface area contributed by atoms with Gasteiger partial charge in [0.2, 0.25) is 0 Å². The summed E-state index contributed by atoms with van der Waals surface area (Å²) >= 11 is 1.74. The molecule has 3 atom stereocenters. The molecule has 0 aromatic carbocycles. The maximum atomic E-state index is 10.6. The standard InChI is InChI=1S/C14H20OS/c1-13(2)6-4-7-14(3)9-5-8-16-11(9)10(15)12(13)14/h5,8,10,12,15H,4,6-7H2,1-3H3/t10-,12-,14-/m0/s1. The zero-order chi connectivity index (χ0) is 11.6. The first kappa shape index (κ1) is 10.8. The van der Waals surface area contributed by atoms with Crippen molar-refractivity contribution in [3.63, 3.8) is 0 Å². The SMILES string of the molecule is CC1(C)CCC[C@@]2(C)c3ccsc3[C@H](O)[C@@H]12. The van der Waals surface area contributed by atoms with Gasteiger partial charge in [-0.2, -0.15) is 0 Å². The predicted molar refractivity (Wildman–Crippen MR) is 67.8 cm³/mol. The van der Waals surface area contributed by atoms with Gasteiger partial charge < -0.3 is 5.11 Å². The van der Waals surface area contributed by atoms with E-state index in [1.54, 1.807) is 11.3 Å². The third-order valence-electron chi connectivity index (χ3n) is 4.94. The monoisotopic (exact) mass is 236 g/mol. The minimum absolute atomic E-state index is 0.219. The predicted octanol–water partition coefficient (Wildman–Crippen LogP) is 3.88. The quantitative estimate of drug-likeness (QED) is 0.725. The highest BCUT2D eigenvalue weighted by Crippen LogP contribution is 2.63. The van der Waals surface area contributed by atoms with Crippen LogP contribution in [-0.4, -0.2) is 5.11 Å². The Bertz CT molecular complexity index is 420. The average molecular weight is 236 g/mol. The zero-order valence-corrected chi connectivity index (χ0v) is 11.1. The van der Waals surface area contributed by atoms with Gasteiger partial charge in [0.15, 0.2) is 0 Å². The first-order chi connectivity index (χ1) is 7.47. The lowest BCUT2D eigenvalue weighted by molar-refractivity contribution is -0.0264. The molecule has 0 amide bonds. The molecule has 1 heterocycles. The number of aliphatic hydroxyl groups excluding tert-OH is 1. The van der Waals surface area contributed by atoms with Crippen LogP contribution in [0.4, 0.5) is 0 Å². The molecular formula is C14H20OS. The Morgan fingerprint density at radius 2 is 2.06 bits per heavy atom. The Labute approximate surface area is 102 Å². The molecule has 2 heteroatoms. The van der Waals surface area contributed by atoms with Gasteiger partial charge in [0.25, 0.3) is 0 Å². The second-order valence-electron chi connectivity index (χ2n) is 6.38. The number of fused-ring (bicyclic) bond motifs is 3. The molecule has 3 rings (SSSR count). The molecule has 1 aromatic heterocycles. The van der Waals surface area contributed by atoms with Crippen LogP contribution in [0.5, 0.6) is 0 Å². The van der Waals surface area contributed by atoms with Crippen molar-refractivity contribution in [1.82, 2.24) is 0 Å². The molecule has 0 aliphatic heterocycles. The lowest BCUT2D eigenvalue weighted by Crippen LogP contribution is -2.43. The van der Waals surface area contributed by atoms with Gasteiger partial charge in [-0.3, -0.25) is 0 Å². The molecule has 1 saturated carbocycles. The highest BCUT2D eigenvalue weighted by Gasteiger charge is 2.56. The van der Waals surface area contributed by atoms with Crippen LogP contribution >= 0.6 is 11.3 Å². The van der Waals surface area contributed by atoms with Crippen LogP contribution in [0.25, 0.3) is 0 Å². The van der Waals surface area contributed by atoms with E-state index in [0.29, 0.717) is 5.92 Å². The van der Waals surface area contributed by atoms with Crippen molar-refractivity contribution in [2.24, 2.45) is 11.3 Å². The molecule has 0 unspecified atom stereocenters. The zero-order valence-electron chi connectivity index (χ0n) is 10.3. The summed E-state index contributed by atoms with van der Waals surface area (Å²) in [7, 11) is 0. The maximum absolute atomic E-state index is 10.6. The topological polar surface area (TPSA) is 20.2 Å². The van der Waals surface area contributed by atoms with Crippen LogP contribution in [0.3, 0.4) is 0 Å². The first-order valence-electron chi connectivity index (χ1n) is 6.23. The molecule has 1 fully saturated rings. The minimum Gasteiger partial charge on any atom is -0.387 e. The Balaban J connectivity index is 2.16. The molecule has 16 heavy (non-hydrogen) atoms. The summed E-state index contributed by atoms with van der Waals surface area (Å²) in [5.74, 6) is 0.413. The van der Waals surface area contributed by atoms with E-state index in [-0.39, 0.29) is 16.9 Å². The van der Waals surface area contributed by atoms with Gasteiger partial charge in [-0.25, -0.2) is 0 Å². The Kier molecular flexibility index (Phi) is 2.10. The Hall–Kier alpha value is -0.340. The molecule has 1 N–H and O–H groups in total. The molecule has 1 aromatic rings. The van der Waals surface area contributed by atoms with Crippen molar-refractivity contribution in [2.45, 2.75) is 51.6 Å². The summed E-state index contributed by atoms with van der Waals surface area (Å²) in [4.78, 5) is 1.24. The fraction of sp³-hybridized carbons (Fsp3) is 0.714. The molecule has 1 nitrogen and oxygen atoms in total. The molecule has 88 valence electrons. The van der Waals surface area contributed by atoms with Gasteiger partial charge >= 0.3 is 0 Å². The number of hydrogen-bond donors (Lipinski definition) is 1. The average Bonchev–Trinajstić information content (AvgIpc) is 2.70. The second-order valence-corrected chi connectivity index (χ2v) is 7.33. The van der Waals surface area contributed by atoms with E-state index in [0.717, 1.165) is 0 Å². The van der Waals surface area contributed by atoms with Crippen molar-refractivity contribution in [2.75, 3.05) is 0 Å². The fourth-order valence-electron chi connectivity index (χ4n) is 4.34. The van der Waals surface area contributed by atoms with Crippen LogP contribution < -0.4 is 0 Å². The third-order valence-corrected chi connectivity index (χ3v) is 5.93. The lowest BCUT2D eigenvalue weighted by Gasteiger charge is -2.48. The number of hydrogen-bond acceptors (Lipinski definition) is 2. The van der Waals surface area contributed by atoms with E-state index in [1.165, 1.54) is 29.7 Å². The summed E-state index contributed by atoms with van der Waals surface area (Å²) in [5, 5.41) is 12.7. The van der Waals surface area contributed by atoms with E-state index < -0.39 is 0 Å². The Morgan fingerprint density at radius 1 is 1.31 bits per heavy atom. The van der Waals surface area contributed by atoms with Crippen molar-refractivity contribution in [1.29, 1.82) is 0 Å². The van der Waals surface area contributed by atoms with Crippen LogP contribution in [-0.2, 0) is 5.41 Å². The number of rotatable bonds is 0.